The number of aromatic amines is 1. The molecular formula is C16H11FN2O3. The molecule has 0 fully saturated rings. The average molecular weight is 298 g/mol. The zero-order chi connectivity index (χ0) is 15.9. The van der Waals surface area contributed by atoms with Crippen LogP contribution in [0.15, 0.2) is 36.4 Å². The van der Waals surface area contributed by atoms with Gasteiger partial charge < -0.3 is 4.98 Å². The zero-order valence-electron chi connectivity index (χ0n) is 11.6. The number of nitro groups is 1. The summed E-state index contributed by atoms with van der Waals surface area (Å²) in [7, 11) is 0. The Morgan fingerprint density at radius 1 is 1.23 bits per heavy atom. The van der Waals surface area contributed by atoms with Gasteiger partial charge in [0.1, 0.15) is 5.82 Å². The van der Waals surface area contributed by atoms with Gasteiger partial charge in [-0.3, -0.25) is 14.9 Å². The van der Waals surface area contributed by atoms with Crippen LogP contribution in [0, 0.1) is 22.9 Å². The van der Waals surface area contributed by atoms with Gasteiger partial charge in [0.05, 0.1) is 16.1 Å². The second-order valence-corrected chi connectivity index (χ2v) is 5.00. The lowest BCUT2D eigenvalue weighted by Crippen LogP contribution is -1.88. The summed E-state index contributed by atoms with van der Waals surface area (Å²) in [5, 5.41) is 11.2. The van der Waals surface area contributed by atoms with Gasteiger partial charge in [-0.15, -0.1) is 0 Å². The van der Waals surface area contributed by atoms with E-state index < -0.39 is 10.7 Å². The highest BCUT2D eigenvalue weighted by Gasteiger charge is 2.16. The molecule has 0 aliphatic heterocycles. The maximum atomic E-state index is 14.0. The molecule has 22 heavy (non-hydrogen) atoms. The largest absolute Gasteiger partial charge is 0.352 e. The fourth-order valence-electron chi connectivity index (χ4n) is 2.51. The molecule has 0 atom stereocenters. The number of hydrogen-bond donors (Lipinski definition) is 1. The molecule has 5 nitrogen and oxygen atoms in total. The van der Waals surface area contributed by atoms with E-state index in [1.165, 1.54) is 30.3 Å². The smallest absolute Gasteiger partial charge is 0.269 e. The van der Waals surface area contributed by atoms with Crippen LogP contribution in [0.3, 0.4) is 0 Å². The molecule has 0 amide bonds. The van der Waals surface area contributed by atoms with Crippen LogP contribution in [-0.4, -0.2) is 16.2 Å². The number of halogens is 1. The zero-order valence-corrected chi connectivity index (χ0v) is 11.6. The van der Waals surface area contributed by atoms with Crippen LogP contribution in [0.25, 0.3) is 22.2 Å². The van der Waals surface area contributed by atoms with E-state index in [-0.39, 0.29) is 11.2 Å². The Kier molecular flexibility index (Phi) is 3.21. The quantitative estimate of drug-likeness (QED) is 0.451. The van der Waals surface area contributed by atoms with E-state index in [4.69, 9.17) is 0 Å². The number of nitrogens with one attached hydrogen (secondary N) is 1. The number of carbonyl (C=O) groups is 1. The molecule has 0 bridgehead atoms. The predicted octanol–water partition coefficient (Wildman–Crippen LogP) is 4.00. The van der Waals surface area contributed by atoms with Crippen molar-refractivity contribution < 1.29 is 14.1 Å². The first-order valence-corrected chi connectivity index (χ1v) is 6.53. The molecule has 6 heteroatoms. The third-order valence-electron chi connectivity index (χ3n) is 3.53. The van der Waals surface area contributed by atoms with Gasteiger partial charge >= 0.3 is 0 Å². The van der Waals surface area contributed by atoms with Crippen molar-refractivity contribution in [1.29, 1.82) is 0 Å². The molecule has 0 aliphatic rings. The maximum absolute atomic E-state index is 14.0. The Morgan fingerprint density at radius 2 is 1.91 bits per heavy atom. The summed E-state index contributed by atoms with van der Waals surface area (Å²) in [5.41, 5.74) is 2.29. The number of benzene rings is 2. The summed E-state index contributed by atoms with van der Waals surface area (Å²) in [6, 6.07) is 8.86. The maximum Gasteiger partial charge on any atom is 0.269 e. The minimum absolute atomic E-state index is 0.0467. The Morgan fingerprint density at radius 3 is 2.50 bits per heavy atom. The Bertz CT molecular complexity index is 898. The molecular weight excluding hydrogens is 287 g/mol. The van der Waals surface area contributed by atoms with Crippen molar-refractivity contribution in [3.8, 4) is 11.3 Å². The minimum Gasteiger partial charge on any atom is -0.352 e. The van der Waals surface area contributed by atoms with E-state index in [2.05, 4.69) is 4.98 Å². The molecule has 3 rings (SSSR count). The molecule has 2 aromatic carbocycles. The monoisotopic (exact) mass is 298 g/mol. The number of nitrogens with zero attached hydrogens (tertiary/aromatic N) is 1. The number of rotatable bonds is 3. The van der Waals surface area contributed by atoms with Crippen LogP contribution in [0.2, 0.25) is 0 Å². The first kappa shape index (κ1) is 13.9. The van der Waals surface area contributed by atoms with Crippen molar-refractivity contribution in [2.45, 2.75) is 6.92 Å². The minimum atomic E-state index is -0.501. The van der Waals surface area contributed by atoms with E-state index in [1.54, 1.807) is 13.0 Å². The molecule has 0 aliphatic carbocycles. The third-order valence-corrected chi connectivity index (χ3v) is 3.53. The van der Waals surface area contributed by atoms with Crippen LogP contribution in [0.1, 0.15) is 15.9 Å². The number of aldehydes is 1. The number of non-ortho nitro benzene ring substituents is 1. The number of aromatic nitrogens is 1. The Balaban J connectivity index is 2.24. The highest BCUT2D eigenvalue weighted by Crippen LogP contribution is 2.32. The van der Waals surface area contributed by atoms with Crippen molar-refractivity contribution >= 4 is 22.9 Å². The van der Waals surface area contributed by atoms with Crippen molar-refractivity contribution in [3.05, 3.63) is 63.5 Å². The van der Waals surface area contributed by atoms with Gasteiger partial charge in [0.2, 0.25) is 0 Å². The molecule has 1 N–H and O–H groups in total. The van der Waals surface area contributed by atoms with Gasteiger partial charge in [0.15, 0.2) is 6.29 Å². The Labute approximate surface area is 124 Å². The lowest BCUT2D eigenvalue weighted by atomic mass is 10.0. The van der Waals surface area contributed by atoms with Crippen molar-refractivity contribution in [2.75, 3.05) is 0 Å². The van der Waals surface area contributed by atoms with Crippen LogP contribution >= 0.6 is 0 Å². The second kappa shape index (κ2) is 5.07. The van der Waals surface area contributed by atoms with Crippen molar-refractivity contribution in [2.24, 2.45) is 0 Å². The standard InChI is InChI=1S/C16H11FN2O3/c1-9-6-12-13(8-20)15(18-16(12)14(17)7-9)10-2-4-11(5-3-10)19(21)22/h2-8,18H,1H3. The topological polar surface area (TPSA) is 76.0 Å². The average Bonchev–Trinajstić information content (AvgIpc) is 2.86. The Hall–Kier alpha value is -3.02. The van der Waals surface area contributed by atoms with Gasteiger partial charge in [-0.05, 0) is 42.3 Å². The van der Waals surface area contributed by atoms with E-state index in [1.807, 2.05) is 0 Å². The van der Waals surface area contributed by atoms with Gasteiger partial charge in [-0.2, -0.15) is 0 Å². The molecule has 3 aromatic rings. The number of H-pyrrole nitrogens is 1. The lowest BCUT2D eigenvalue weighted by Gasteiger charge is -1.99. The SMILES string of the molecule is Cc1cc(F)c2[nH]c(-c3ccc([N+](=O)[O-])cc3)c(C=O)c2c1. The van der Waals surface area contributed by atoms with Crippen molar-refractivity contribution in [1.82, 2.24) is 4.98 Å². The first-order chi connectivity index (χ1) is 10.5. The van der Waals surface area contributed by atoms with Crippen LogP contribution in [0.4, 0.5) is 10.1 Å². The number of aryl methyl sites for hydroxylation is 1. The van der Waals surface area contributed by atoms with Crippen LogP contribution < -0.4 is 0 Å². The molecule has 0 saturated carbocycles. The molecule has 1 aromatic heterocycles. The fraction of sp³-hybridized carbons (Fsp3) is 0.0625. The molecule has 1 heterocycles. The van der Waals surface area contributed by atoms with Gasteiger partial charge in [0.25, 0.3) is 5.69 Å². The summed E-state index contributed by atoms with van der Waals surface area (Å²) in [4.78, 5) is 24.5. The molecule has 0 spiro atoms. The van der Waals surface area contributed by atoms with Crippen LogP contribution in [-0.2, 0) is 0 Å². The fourth-order valence-corrected chi connectivity index (χ4v) is 2.51. The third kappa shape index (κ3) is 2.14. The molecule has 0 saturated heterocycles. The van der Waals surface area contributed by atoms with Crippen molar-refractivity contribution in [3.63, 3.8) is 0 Å². The van der Waals surface area contributed by atoms with E-state index in [0.29, 0.717) is 34.1 Å². The molecule has 0 unspecified atom stereocenters. The van der Waals surface area contributed by atoms with Crippen LogP contribution in [0.5, 0.6) is 0 Å². The summed E-state index contributed by atoms with van der Waals surface area (Å²) in [6.45, 7) is 1.75. The van der Waals surface area contributed by atoms with Gasteiger partial charge in [-0.1, -0.05) is 0 Å². The van der Waals surface area contributed by atoms with E-state index in [9.17, 15) is 19.3 Å². The summed E-state index contributed by atoms with van der Waals surface area (Å²) in [6.07, 6.45) is 0.661. The highest BCUT2D eigenvalue weighted by atomic mass is 19.1. The van der Waals surface area contributed by atoms with Gasteiger partial charge in [-0.25, -0.2) is 4.39 Å². The summed E-state index contributed by atoms with van der Waals surface area (Å²) < 4.78 is 14.0. The van der Waals surface area contributed by atoms with E-state index >= 15 is 0 Å². The lowest BCUT2D eigenvalue weighted by molar-refractivity contribution is -0.384. The van der Waals surface area contributed by atoms with Gasteiger partial charge in [0, 0.05) is 23.1 Å². The summed E-state index contributed by atoms with van der Waals surface area (Å²) in [5.74, 6) is -0.439. The number of carbonyl (C=O) groups excluding carboxylic acids is 1. The van der Waals surface area contributed by atoms with E-state index in [0.717, 1.165) is 0 Å². The number of hydrogen-bond acceptors (Lipinski definition) is 3. The summed E-state index contributed by atoms with van der Waals surface area (Å²) >= 11 is 0. The predicted molar refractivity (Wildman–Crippen MR) is 80.5 cm³/mol. The second-order valence-electron chi connectivity index (χ2n) is 5.00. The molecule has 0 radical (unpaired) electrons. The first-order valence-electron chi connectivity index (χ1n) is 6.53. The molecule has 110 valence electrons. The number of fused-ring (bicyclic) bond motifs is 1. The normalized spacial score (nSPS) is 10.8. The number of nitro benzene ring substituents is 1. The highest BCUT2D eigenvalue weighted by molar-refractivity contribution is 6.04.